The molecule has 100 valence electrons. The van der Waals surface area contributed by atoms with E-state index in [1.54, 1.807) is 12.4 Å². The molecule has 0 radical (unpaired) electrons. The lowest BCUT2D eigenvalue weighted by Crippen LogP contribution is -2.14. The summed E-state index contributed by atoms with van der Waals surface area (Å²) < 4.78 is 6.54. The van der Waals surface area contributed by atoms with Gasteiger partial charge in [0.1, 0.15) is 5.75 Å². The third kappa shape index (κ3) is 4.29. The third-order valence-corrected chi connectivity index (χ3v) is 3.12. The second-order valence-corrected chi connectivity index (χ2v) is 4.91. The van der Waals surface area contributed by atoms with Crippen LogP contribution in [0, 0.1) is 0 Å². The maximum atomic E-state index is 5.65. The summed E-state index contributed by atoms with van der Waals surface area (Å²) in [4.78, 5) is 8.56. The van der Waals surface area contributed by atoms with Crippen molar-refractivity contribution >= 4 is 15.9 Å². The van der Waals surface area contributed by atoms with Crippen molar-refractivity contribution in [1.82, 2.24) is 15.3 Å². The first-order valence-corrected chi connectivity index (χ1v) is 7.03. The van der Waals surface area contributed by atoms with Crippen LogP contribution < -0.4 is 10.1 Å². The van der Waals surface area contributed by atoms with Gasteiger partial charge >= 0.3 is 0 Å². The van der Waals surface area contributed by atoms with Crippen LogP contribution in [0.3, 0.4) is 0 Å². The normalized spacial score (nSPS) is 10.4. The average Bonchev–Trinajstić information content (AvgIpc) is 2.44. The molecule has 0 saturated heterocycles. The van der Waals surface area contributed by atoms with Crippen molar-refractivity contribution in [1.29, 1.82) is 0 Å². The van der Waals surface area contributed by atoms with Gasteiger partial charge in [-0.1, -0.05) is 19.1 Å². The molecule has 19 heavy (non-hydrogen) atoms. The van der Waals surface area contributed by atoms with Gasteiger partial charge in [0.15, 0.2) is 0 Å². The molecule has 0 fully saturated rings. The van der Waals surface area contributed by atoms with Crippen molar-refractivity contribution in [3.8, 4) is 11.6 Å². The van der Waals surface area contributed by atoms with Gasteiger partial charge in [0.2, 0.25) is 5.88 Å². The molecule has 0 aliphatic carbocycles. The Morgan fingerprint density at radius 2 is 2.05 bits per heavy atom. The molecule has 0 atom stereocenters. The molecule has 1 N–H and O–H groups in total. The largest absolute Gasteiger partial charge is 0.436 e. The summed E-state index contributed by atoms with van der Waals surface area (Å²) in [6.07, 6.45) is 4.48. The van der Waals surface area contributed by atoms with Gasteiger partial charge in [-0.15, -0.1) is 0 Å². The maximum Gasteiger partial charge on any atom is 0.237 e. The van der Waals surface area contributed by atoms with Crippen molar-refractivity contribution in [3.63, 3.8) is 0 Å². The van der Waals surface area contributed by atoms with E-state index in [-0.39, 0.29) is 0 Å². The van der Waals surface area contributed by atoms with Crippen molar-refractivity contribution < 1.29 is 4.74 Å². The lowest BCUT2D eigenvalue weighted by molar-refractivity contribution is 0.456. The summed E-state index contributed by atoms with van der Waals surface area (Å²) in [6, 6.07) is 7.65. The highest BCUT2D eigenvalue weighted by molar-refractivity contribution is 9.10. The molecule has 5 heteroatoms. The van der Waals surface area contributed by atoms with Crippen LogP contribution in [0.2, 0.25) is 0 Å². The number of rotatable bonds is 6. The molecule has 4 nitrogen and oxygen atoms in total. The Bertz CT molecular complexity index is 516. The Kier molecular flexibility index (Phi) is 5.30. The summed E-state index contributed by atoms with van der Waals surface area (Å²) in [5, 5.41) is 3.28. The predicted octanol–water partition coefficient (Wildman–Crippen LogP) is 3.53. The number of ether oxygens (including phenoxy) is 1. The van der Waals surface area contributed by atoms with E-state index in [0.29, 0.717) is 5.88 Å². The van der Waals surface area contributed by atoms with Crippen molar-refractivity contribution in [3.05, 3.63) is 46.8 Å². The molecule has 0 bridgehead atoms. The lowest BCUT2D eigenvalue weighted by atomic mass is 10.3. The van der Waals surface area contributed by atoms with Crippen LogP contribution in [0.5, 0.6) is 11.6 Å². The van der Waals surface area contributed by atoms with Gasteiger partial charge in [-0.2, -0.15) is 0 Å². The predicted molar refractivity (Wildman–Crippen MR) is 78.2 cm³/mol. The van der Waals surface area contributed by atoms with Crippen LogP contribution in [0.25, 0.3) is 0 Å². The van der Waals surface area contributed by atoms with E-state index in [0.717, 1.165) is 35.4 Å². The molecule has 1 aromatic carbocycles. The van der Waals surface area contributed by atoms with E-state index in [1.807, 2.05) is 24.3 Å². The molecule has 1 aromatic heterocycles. The minimum atomic E-state index is 0.492. The Hall–Kier alpha value is -1.46. The molecule has 0 spiro atoms. The third-order valence-electron chi connectivity index (χ3n) is 2.47. The summed E-state index contributed by atoms with van der Waals surface area (Å²) in [5.41, 5.74) is 0.910. The van der Waals surface area contributed by atoms with Gasteiger partial charge in [0.05, 0.1) is 22.6 Å². The Morgan fingerprint density at radius 1 is 1.21 bits per heavy atom. The number of benzene rings is 1. The van der Waals surface area contributed by atoms with Crippen LogP contribution >= 0.6 is 15.9 Å². The number of nitrogens with zero attached hydrogens (tertiary/aromatic N) is 2. The van der Waals surface area contributed by atoms with Crippen molar-refractivity contribution in [2.24, 2.45) is 0 Å². The molecule has 1 heterocycles. The minimum Gasteiger partial charge on any atom is -0.436 e. The summed E-state index contributed by atoms with van der Waals surface area (Å²) in [5.74, 6) is 1.22. The molecule has 2 aromatic rings. The molecule has 0 amide bonds. The van der Waals surface area contributed by atoms with Crippen LogP contribution in [0.15, 0.2) is 41.1 Å². The van der Waals surface area contributed by atoms with E-state index in [2.05, 4.69) is 38.1 Å². The SMILES string of the molecule is CCCNCc1cnc(Oc2ccccc2Br)cn1. The quantitative estimate of drug-likeness (QED) is 0.827. The van der Waals surface area contributed by atoms with E-state index in [9.17, 15) is 0 Å². The topological polar surface area (TPSA) is 47.0 Å². The fourth-order valence-electron chi connectivity index (χ4n) is 1.52. The zero-order valence-corrected chi connectivity index (χ0v) is 12.4. The first kappa shape index (κ1) is 14.0. The fraction of sp³-hybridized carbons (Fsp3) is 0.286. The first-order valence-electron chi connectivity index (χ1n) is 6.23. The molecule has 0 aliphatic heterocycles. The van der Waals surface area contributed by atoms with Gasteiger partial charge in [-0.25, -0.2) is 4.98 Å². The number of nitrogens with one attached hydrogen (secondary N) is 1. The highest BCUT2D eigenvalue weighted by atomic mass is 79.9. The van der Waals surface area contributed by atoms with Crippen molar-refractivity contribution in [2.45, 2.75) is 19.9 Å². The van der Waals surface area contributed by atoms with Crippen LogP contribution in [-0.2, 0) is 6.54 Å². The van der Waals surface area contributed by atoms with Crippen LogP contribution in [-0.4, -0.2) is 16.5 Å². The van der Waals surface area contributed by atoms with E-state index >= 15 is 0 Å². The highest BCUT2D eigenvalue weighted by Crippen LogP contribution is 2.27. The summed E-state index contributed by atoms with van der Waals surface area (Å²) in [7, 11) is 0. The van der Waals surface area contributed by atoms with Gasteiger partial charge in [-0.05, 0) is 41.0 Å². The molecule has 0 aliphatic rings. The maximum absolute atomic E-state index is 5.65. The first-order chi connectivity index (χ1) is 9.29. The Morgan fingerprint density at radius 3 is 2.74 bits per heavy atom. The number of para-hydroxylation sites is 1. The van der Waals surface area contributed by atoms with E-state index in [1.165, 1.54) is 0 Å². The second kappa shape index (κ2) is 7.21. The molecular weight excluding hydrogens is 306 g/mol. The Balaban J connectivity index is 1.97. The van der Waals surface area contributed by atoms with Gasteiger partial charge in [-0.3, -0.25) is 4.98 Å². The standard InChI is InChI=1S/C14H16BrN3O/c1-2-7-16-8-11-9-18-14(10-17-11)19-13-6-4-3-5-12(13)15/h3-6,9-10,16H,2,7-8H2,1H3. The summed E-state index contributed by atoms with van der Waals surface area (Å²) >= 11 is 3.43. The Labute approximate surface area is 121 Å². The van der Waals surface area contributed by atoms with Gasteiger partial charge in [0, 0.05) is 6.54 Å². The van der Waals surface area contributed by atoms with Crippen LogP contribution in [0.1, 0.15) is 19.0 Å². The number of aromatic nitrogens is 2. The molecule has 2 rings (SSSR count). The van der Waals surface area contributed by atoms with Gasteiger partial charge < -0.3 is 10.1 Å². The zero-order chi connectivity index (χ0) is 13.5. The highest BCUT2D eigenvalue weighted by Gasteiger charge is 2.03. The van der Waals surface area contributed by atoms with E-state index in [4.69, 9.17) is 4.74 Å². The molecular formula is C14H16BrN3O. The van der Waals surface area contributed by atoms with E-state index < -0.39 is 0 Å². The molecule has 0 unspecified atom stereocenters. The lowest BCUT2D eigenvalue weighted by Gasteiger charge is -2.07. The second-order valence-electron chi connectivity index (χ2n) is 4.06. The monoisotopic (exact) mass is 321 g/mol. The fourth-order valence-corrected chi connectivity index (χ4v) is 1.89. The average molecular weight is 322 g/mol. The van der Waals surface area contributed by atoms with Crippen LogP contribution in [0.4, 0.5) is 0 Å². The summed E-state index contributed by atoms with van der Waals surface area (Å²) in [6.45, 7) is 3.85. The number of hydrogen-bond donors (Lipinski definition) is 1. The number of hydrogen-bond acceptors (Lipinski definition) is 4. The van der Waals surface area contributed by atoms with Gasteiger partial charge in [0.25, 0.3) is 0 Å². The smallest absolute Gasteiger partial charge is 0.237 e. The van der Waals surface area contributed by atoms with Crippen molar-refractivity contribution in [2.75, 3.05) is 6.54 Å². The minimum absolute atomic E-state index is 0.492. The number of halogens is 1. The zero-order valence-electron chi connectivity index (χ0n) is 10.8. The molecule has 0 saturated carbocycles.